The highest BCUT2D eigenvalue weighted by molar-refractivity contribution is 5.10. The number of rotatable bonds is 3. The average Bonchev–Trinajstić information content (AvgIpc) is 2.33. The van der Waals surface area contributed by atoms with E-state index in [2.05, 4.69) is 0 Å². The fourth-order valence-electron chi connectivity index (χ4n) is 1.69. The van der Waals surface area contributed by atoms with Gasteiger partial charge in [-0.1, -0.05) is 13.8 Å². The zero-order chi connectivity index (χ0) is 8.70. The van der Waals surface area contributed by atoms with Crippen LogP contribution in [0.4, 0.5) is 8.78 Å². The van der Waals surface area contributed by atoms with Crippen molar-refractivity contribution in [3.63, 3.8) is 0 Å². The molecule has 66 valence electrons. The van der Waals surface area contributed by atoms with Gasteiger partial charge in [-0.2, -0.15) is 0 Å². The molecule has 1 saturated carbocycles. The van der Waals surface area contributed by atoms with Gasteiger partial charge in [-0.15, -0.1) is 0 Å². The second kappa shape index (κ2) is 2.41. The normalized spacial score (nSPS) is 34.4. The Morgan fingerprint density at radius 2 is 1.91 bits per heavy atom. The number of hydrogen-bond acceptors (Lipinski definition) is 1. The maximum absolute atomic E-state index is 12.7. The van der Waals surface area contributed by atoms with Crippen molar-refractivity contribution in [1.29, 1.82) is 0 Å². The Hall–Kier alpha value is -0.180. The lowest BCUT2D eigenvalue weighted by Gasteiger charge is -2.15. The van der Waals surface area contributed by atoms with Crippen molar-refractivity contribution in [2.75, 3.05) is 6.54 Å². The van der Waals surface area contributed by atoms with Crippen LogP contribution in [0.15, 0.2) is 0 Å². The summed E-state index contributed by atoms with van der Waals surface area (Å²) in [5, 5.41) is 0. The van der Waals surface area contributed by atoms with E-state index in [9.17, 15) is 8.78 Å². The summed E-state index contributed by atoms with van der Waals surface area (Å²) in [5.74, 6) is -2.17. The van der Waals surface area contributed by atoms with E-state index in [1.54, 1.807) is 0 Å². The van der Waals surface area contributed by atoms with Crippen molar-refractivity contribution in [2.45, 2.75) is 32.6 Å². The molecule has 1 rings (SSSR count). The number of hydrogen-bond donors (Lipinski definition) is 1. The van der Waals surface area contributed by atoms with Gasteiger partial charge in [0.2, 0.25) is 0 Å². The van der Waals surface area contributed by atoms with E-state index < -0.39 is 11.3 Å². The standard InChI is InChI=1S/C8H15F2N/c1-6(2)3-7(5-11)4-8(7,9)10/h6H,3-5,11H2,1-2H3. The molecular formula is C8H15F2N. The van der Waals surface area contributed by atoms with Gasteiger partial charge in [0.1, 0.15) is 0 Å². The number of halogens is 2. The predicted octanol–water partition coefficient (Wildman–Crippen LogP) is 2.02. The van der Waals surface area contributed by atoms with Crippen LogP contribution in [0.5, 0.6) is 0 Å². The van der Waals surface area contributed by atoms with Gasteiger partial charge in [-0.05, 0) is 12.3 Å². The highest BCUT2D eigenvalue weighted by atomic mass is 19.3. The molecule has 0 aliphatic heterocycles. The molecule has 1 fully saturated rings. The summed E-state index contributed by atoms with van der Waals surface area (Å²) in [6.45, 7) is 4.02. The molecule has 0 saturated heterocycles. The van der Waals surface area contributed by atoms with Crippen LogP contribution in [0.2, 0.25) is 0 Å². The molecule has 1 unspecified atom stereocenters. The monoisotopic (exact) mass is 163 g/mol. The third-order valence-corrected chi connectivity index (χ3v) is 2.40. The van der Waals surface area contributed by atoms with E-state index in [1.807, 2.05) is 13.8 Å². The first-order valence-electron chi connectivity index (χ1n) is 4.01. The van der Waals surface area contributed by atoms with E-state index in [0.29, 0.717) is 12.3 Å². The molecule has 1 aliphatic rings. The highest BCUT2D eigenvalue weighted by Gasteiger charge is 2.69. The highest BCUT2D eigenvalue weighted by Crippen LogP contribution is 2.62. The van der Waals surface area contributed by atoms with Crippen LogP contribution < -0.4 is 5.73 Å². The molecule has 1 atom stereocenters. The fourth-order valence-corrected chi connectivity index (χ4v) is 1.69. The van der Waals surface area contributed by atoms with Gasteiger partial charge in [0.25, 0.3) is 5.92 Å². The quantitative estimate of drug-likeness (QED) is 0.676. The van der Waals surface area contributed by atoms with Crippen LogP contribution in [0, 0.1) is 11.3 Å². The van der Waals surface area contributed by atoms with E-state index in [-0.39, 0.29) is 13.0 Å². The molecule has 3 heteroatoms. The third-order valence-electron chi connectivity index (χ3n) is 2.40. The summed E-state index contributed by atoms with van der Waals surface area (Å²) in [6.07, 6.45) is 0.547. The second-order valence-corrected chi connectivity index (χ2v) is 3.96. The van der Waals surface area contributed by atoms with E-state index >= 15 is 0 Å². The van der Waals surface area contributed by atoms with Crippen molar-refractivity contribution in [2.24, 2.45) is 17.1 Å². The fraction of sp³-hybridized carbons (Fsp3) is 1.00. The molecule has 2 N–H and O–H groups in total. The summed E-state index contributed by atoms with van der Waals surface area (Å²) < 4.78 is 25.5. The van der Waals surface area contributed by atoms with E-state index in [1.165, 1.54) is 0 Å². The zero-order valence-corrected chi connectivity index (χ0v) is 7.03. The summed E-state index contributed by atoms with van der Waals surface area (Å²) in [7, 11) is 0. The predicted molar refractivity (Wildman–Crippen MR) is 40.5 cm³/mol. The van der Waals surface area contributed by atoms with Crippen molar-refractivity contribution in [1.82, 2.24) is 0 Å². The zero-order valence-electron chi connectivity index (χ0n) is 7.03. The topological polar surface area (TPSA) is 26.0 Å². The van der Waals surface area contributed by atoms with Crippen LogP contribution in [0.25, 0.3) is 0 Å². The molecule has 0 amide bonds. The van der Waals surface area contributed by atoms with Crippen LogP contribution in [-0.4, -0.2) is 12.5 Å². The van der Waals surface area contributed by atoms with Gasteiger partial charge >= 0.3 is 0 Å². The molecule has 0 radical (unpaired) electrons. The van der Waals surface area contributed by atoms with Crippen molar-refractivity contribution < 1.29 is 8.78 Å². The minimum atomic E-state index is -2.48. The molecule has 0 aromatic rings. The van der Waals surface area contributed by atoms with Crippen LogP contribution in [0.1, 0.15) is 26.7 Å². The Kier molecular flexibility index (Phi) is 1.95. The smallest absolute Gasteiger partial charge is 0.255 e. The number of nitrogens with two attached hydrogens (primary N) is 1. The minimum Gasteiger partial charge on any atom is -0.330 e. The van der Waals surface area contributed by atoms with Crippen molar-refractivity contribution in [3.05, 3.63) is 0 Å². The lowest BCUT2D eigenvalue weighted by molar-refractivity contribution is 0.0584. The Morgan fingerprint density at radius 1 is 1.45 bits per heavy atom. The lowest BCUT2D eigenvalue weighted by atomic mass is 9.94. The van der Waals surface area contributed by atoms with Crippen molar-refractivity contribution in [3.8, 4) is 0 Å². The first-order chi connectivity index (χ1) is 4.93. The molecule has 1 aliphatic carbocycles. The Morgan fingerprint density at radius 3 is 2.00 bits per heavy atom. The molecule has 1 nitrogen and oxygen atoms in total. The van der Waals surface area contributed by atoms with Crippen LogP contribution >= 0.6 is 0 Å². The van der Waals surface area contributed by atoms with E-state index in [4.69, 9.17) is 5.73 Å². The molecule has 0 aromatic carbocycles. The summed E-state index contributed by atoms with van der Waals surface area (Å²) >= 11 is 0. The molecule has 11 heavy (non-hydrogen) atoms. The lowest BCUT2D eigenvalue weighted by Crippen LogP contribution is -2.24. The first-order valence-corrected chi connectivity index (χ1v) is 4.01. The number of alkyl halides is 2. The van der Waals surface area contributed by atoms with Crippen LogP contribution in [0.3, 0.4) is 0 Å². The molecule has 0 spiro atoms. The van der Waals surface area contributed by atoms with Gasteiger partial charge in [-0.3, -0.25) is 0 Å². The van der Waals surface area contributed by atoms with E-state index in [0.717, 1.165) is 0 Å². The van der Waals surface area contributed by atoms with Gasteiger partial charge in [0.05, 0.1) is 5.41 Å². The summed E-state index contributed by atoms with van der Waals surface area (Å²) in [4.78, 5) is 0. The largest absolute Gasteiger partial charge is 0.330 e. The third kappa shape index (κ3) is 1.39. The molecule has 0 heterocycles. The van der Waals surface area contributed by atoms with Gasteiger partial charge in [-0.25, -0.2) is 8.78 Å². The summed E-state index contributed by atoms with van der Waals surface area (Å²) in [5.41, 5.74) is 4.47. The van der Waals surface area contributed by atoms with Crippen molar-refractivity contribution >= 4 is 0 Å². The maximum Gasteiger partial charge on any atom is 0.255 e. The molecule has 0 aromatic heterocycles. The Bertz CT molecular complexity index is 156. The second-order valence-electron chi connectivity index (χ2n) is 3.96. The maximum atomic E-state index is 12.7. The summed E-state index contributed by atoms with van der Waals surface area (Å²) in [6, 6.07) is 0. The Labute approximate surface area is 66.0 Å². The van der Waals surface area contributed by atoms with Crippen LogP contribution in [-0.2, 0) is 0 Å². The van der Waals surface area contributed by atoms with Gasteiger partial charge in [0.15, 0.2) is 0 Å². The average molecular weight is 163 g/mol. The molecular weight excluding hydrogens is 148 g/mol. The minimum absolute atomic E-state index is 0.00528. The first kappa shape index (κ1) is 8.91. The van der Waals surface area contributed by atoms with Gasteiger partial charge in [0, 0.05) is 13.0 Å². The van der Waals surface area contributed by atoms with Gasteiger partial charge < -0.3 is 5.73 Å². The molecule has 0 bridgehead atoms. The Balaban J connectivity index is 2.53. The SMILES string of the molecule is CC(C)CC1(CN)CC1(F)F.